The van der Waals surface area contributed by atoms with E-state index in [4.69, 9.17) is 5.73 Å². The largest absolute Gasteiger partial charge is 0.389 e. The van der Waals surface area contributed by atoms with Gasteiger partial charge in [0.25, 0.3) is 0 Å². The van der Waals surface area contributed by atoms with Crippen molar-refractivity contribution in [2.75, 3.05) is 11.4 Å². The van der Waals surface area contributed by atoms with Crippen LogP contribution in [0.3, 0.4) is 0 Å². The van der Waals surface area contributed by atoms with Gasteiger partial charge in [-0.25, -0.2) is 4.98 Å². The summed E-state index contributed by atoms with van der Waals surface area (Å²) in [7, 11) is 0. The van der Waals surface area contributed by atoms with Crippen molar-refractivity contribution in [3.63, 3.8) is 0 Å². The highest BCUT2D eigenvalue weighted by atomic mass is 16.3. The number of nitrogens with two attached hydrogens (primary N) is 1. The summed E-state index contributed by atoms with van der Waals surface area (Å²) in [6, 6.07) is 4.01. The number of amides is 1. The number of primary amides is 1. The molecule has 1 fully saturated rings. The highest BCUT2D eigenvalue weighted by molar-refractivity contribution is 5.77. The van der Waals surface area contributed by atoms with Gasteiger partial charge < -0.3 is 15.7 Å². The molecule has 2 rings (SSSR count). The van der Waals surface area contributed by atoms with Gasteiger partial charge in [-0.05, 0) is 44.4 Å². The van der Waals surface area contributed by atoms with Crippen molar-refractivity contribution in [3.05, 3.63) is 23.9 Å². The van der Waals surface area contributed by atoms with E-state index >= 15 is 0 Å². The van der Waals surface area contributed by atoms with Crippen molar-refractivity contribution < 1.29 is 9.90 Å². The first-order valence-electron chi connectivity index (χ1n) is 6.69. The van der Waals surface area contributed by atoms with E-state index in [0.717, 1.165) is 24.2 Å². The number of pyridine rings is 1. The molecule has 0 radical (unpaired) electrons. The number of nitrogens with zero attached hydrogens (tertiary/aromatic N) is 2. The van der Waals surface area contributed by atoms with E-state index in [1.165, 1.54) is 0 Å². The Balaban J connectivity index is 2.23. The molecule has 0 spiro atoms. The standard InChI is InChI=1S/C14H21N3O2/c1-9-3-4-12(14(15)19)8-17(9)13-7-11(10(2)18)5-6-16-13/h5-7,9-10,12,18H,3-4,8H2,1-2H3,(H2,15,19). The quantitative estimate of drug-likeness (QED) is 0.859. The van der Waals surface area contributed by atoms with E-state index < -0.39 is 6.10 Å². The first kappa shape index (κ1) is 13.8. The minimum absolute atomic E-state index is 0.117. The second-order valence-corrected chi connectivity index (χ2v) is 5.30. The van der Waals surface area contributed by atoms with Gasteiger partial charge in [-0.3, -0.25) is 4.79 Å². The minimum atomic E-state index is -0.520. The Bertz CT molecular complexity index is 462. The molecule has 0 aromatic carbocycles. The predicted molar refractivity (Wildman–Crippen MR) is 73.6 cm³/mol. The molecule has 19 heavy (non-hydrogen) atoms. The average molecular weight is 263 g/mol. The van der Waals surface area contributed by atoms with Crippen molar-refractivity contribution in [3.8, 4) is 0 Å². The first-order chi connectivity index (χ1) is 8.99. The smallest absolute Gasteiger partial charge is 0.222 e. The fourth-order valence-electron chi connectivity index (χ4n) is 2.51. The molecule has 5 heteroatoms. The zero-order valence-corrected chi connectivity index (χ0v) is 11.4. The molecule has 5 nitrogen and oxygen atoms in total. The molecule has 1 saturated heterocycles. The van der Waals surface area contributed by atoms with Crippen molar-refractivity contribution in [1.82, 2.24) is 4.98 Å². The molecular formula is C14H21N3O2. The maximum absolute atomic E-state index is 11.3. The number of hydrogen-bond donors (Lipinski definition) is 2. The van der Waals surface area contributed by atoms with Crippen LogP contribution in [0.25, 0.3) is 0 Å². The van der Waals surface area contributed by atoms with Crippen molar-refractivity contribution in [2.45, 2.75) is 38.8 Å². The van der Waals surface area contributed by atoms with E-state index in [1.807, 2.05) is 6.07 Å². The topological polar surface area (TPSA) is 79.5 Å². The first-order valence-corrected chi connectivity index (χ1v) is 6.69. The molecule has 1 aromatic heterocycles. The number of anilines is 1. The molecule has 1 aromatic rings. The zero-order valence-electron chi connectivity index (χ0n) is 11.4. The van der Waals surface area contributed by atoms with Gasteiger partial charge in [0.05, 0.1) is 12.0 Å². The summed E-state index contributed by atoms with van der Waals surface area (Å²) in [4.78, 5) is 17.8. The van der Waals surface area contributed by atoms with Crippen LogP contribution in [0, 0.1) is 5.92 Å². The normalized spacial score (nSPS) is 25.1. The van der Waals surface area contributed by atoms with Gasteiger partial charge >= 0.3 is 0 Å². The van der Waals surface area contributed by atoms with Crippen LogP contribution in [0.1, 0.15) is 38.4 Å². The van der Waals surface area contributed by atoms with Crippen LogP contribution in [0.2, 0.25) is 0 Å². The molecule has 1 amide bonds. The molecule has 0 bridgehead atoms. The van der Waals surface area contributed by atoms with Crippen LogP contribution in [-0.4, -0.2) is 28.6 Å². The van der Waals surface area contributed by atoms with Crippen LogP contribution in [0.5, 0.6) is 0 Å². The second-order valence-electron chi connectivity index (χ2n) is 5.30. The van der Waals surface area contributed by atoms with Crippen LogP contribution < -0.4 is 10.6 Å². The molecular weight excluding hydrogens is 242 g/mol. The van der Waals surface area contributed by atoms with Crippen molar-refractivity contribution in [1.29, 1.82) is 0 Å². The number of carbonyl (C=O) groups is 1. The molecule has 2 heterocycles. The maximum atomic E-state index is 11.3. The van der Waals surface area contributed by atoms with Crippen LogP contribution >= 0.6 is 0 Å². The van der Waals surface area contributed by atoms with Gasteiger partial charge in [0.15, 0.2) is 0 Å². The highest BCUT2D eigenvalue weighted by Crippen LogP contribution is 2.27. The Hall–Kier alpha value is -1.62. The van der Waals surface area contributed by atoms with Crippen molar-refractivity contribution in [2.24, 2.45) is 11.7 Å². The summed E-state index contributed by atoms with van der Waals surface area (Å²) < 4.78 is 0. The van der Waals surface area contributed by atoms with E-state index in [2.05, 4.69) is 16.8 Å². The molecule has 3 unspecified atom stereocenters. The Morgan fingerprint density at radius 3 is 2.95 bits per heavy atom. The van der Waals surface area contributed by atoms with Crippen LogP contribution in [0.4, 0.5) is 5.82 Å². The number of aliphatic hydroxyl groups excluding tert-OH is 1. The van der Waals surface area contributed by atoms with Gasteiger partial charge in [-0.1, -0.05) is 0 Å². The lowest BCUT2D eigenvalue weighted by atomic mass is 9.93. The molecule has 104 valence electrons. The SMILES string of the molecule is CC(O)c1ccnc(N2CC(C(N)=O)CCC2C)c1. The summed E-state index contributed by atoms with van der Waals surface area (Å²) >= 11 is 0. The third kappa shape index (κ3) is 3.04. The number of carbonyl (C=O) groups excluding carboxylic acids is 1. The summed E-state index contributed by atoms with van der Waals surface area (Å²) in [5.74, 6) is 0.439. The Morgan fingerprint density at radius 2 is 2.32 bits per heavy atom. The summed E-state index contributed by atoms with van der Waals surface area (Å²) in [5.41, 5.74) is 6.24. The van der Waals surface area contributed by atoms with Gasteiger partial charge in [0, 0.05) is 18.8 Å². The second kappa shape index (κ2) is 5.57. The Labute approximate surface area is 113 Å². The Morgan fingerprint density at radius 1 is 1.58 bits per heavy atom. The fourth-order valence-corrected chi connectivity index (χ4v) is 2.51. The fraction of sp³-hybridized carbons (Fsp3) is 0.571. The van der Waals surface area contributed by atoms with Gasteiger partial charge in [0.2, 0.25) is 5.91 Å². The van der Waals surface area contributed by atoms with Gasteiger partial charge in [0.1, 0.15) is 5.82 Å². The molecule has 3 N–H and O–H groups in total. The van der Waals surface area contributed by atoms with Gasteiger partial charge in [-0.15, -0.1) is 0 Å². The van der Waals surface area contributed by atoms with E-state index in [1.54, 1.807) is 19.2 Å². The number of piperidine rings is 1. The van der Waals surface area contributed by atoms with E-state index in [0.29, 0.717) is 12.6 Å². The average Bonchev–Trinajstić information content (AvgIpc) is 2.39. The number of rotatable bonds is 3. The minimum Gasteiger partial charge on any atom is -0.389 e. The lowest BCUT2D eigenvalue weighted by Gasteiger charge is -2.38. The molecule has 1 aliphatic rings. The number of aromatic nitrogens is 1. The lowest BCUT2D eigenvalue weighted by Crippen LogP contribution is -2.46. The summed E-state index contributed by atoms with van der Waals surface area (Å²) in [5, 5.41) is 9.63. The summed E-state index contributed by atoms with van der Waals surface area (Å²) in [6.07, 6.45) is 2.93. The third-order valence-corrected chi connectivity index (χ3v) is 3.83. The Kier molecular flexibility index (Phi) is 4.04. The lowest BCUT2D eigenvalue weighted by molar-refractivity contribution is -0.122. The molecule has 3 atom stereocenters. The predicted octanol–water partition coefficient (Wildman–Crippen LogP) is 1.23. The molecule has 0 aliphatic carbocycles. The van der Waals surface area contributed by atoms with E-state index in [-0.39, 0.29) is 11.8 Å². The number of hydrogen-bond acceptors (Lipinski definition) is 4. The van der Waals surface area contributed by atoms with Gasteiger partial charge in [-0.2, -0.15) is 0 Å². The van der Waals surface area contributed by atoms with Crippen LogP contribution in [0.15, 0.2) is 18.3 Å². The monoisotopic (exact) mass is 263 g/mol. The zero-order chi connectivity index (χ0) is 14.0. The summed E-state index contributed by atoms with van der Waals surface area (Å²) in [6.45, 7) is 4.45. The molecule has 1 aliphatic heterocycles. The van der Waals surface area contributed by atoms with Crippen LogP contribution in [-0.2, 0) is 4.79 Å². The maximum Gasteiger partial charge on any atom is 0.222 e. The highest BCUT2D eigenvalue weighted by Gasteiger charge is 2.29. The third-order valence-electron chi connectivity index (χ3n) is 3.83. The van der Waals surface area contributed by atoms with E-state index in [9.17, 15) is 9.90 Å². The van der Waals surface area contributed by atoms with Crippen molar-refractivity contribution >= 4 is 11.7 Å². The molecule has 0 saturated carbocycles. The number of aliphatic hydroxyl groups is 1.